The van der Waals surface area contributed by atoms with Gasteiger partial charge in [-0.05, 0) is 43.5 Å². The molecule has 1 aromatic carbocycles. The molecule has 0 aliphatic heterocycles. The molecule has 3 rings (SSSR count). The Morgan fingerprint density at radius 2 is 1.91 bits per heavy atom. The highest BCUT2D eigenvalue weighted by atomic mass is 15.2. The predicted octanol–water partition coefficient (Wildman–Crippen LogP) is 3.49. The molecule has 0 atom stereocenters. The molecule has 118 valence electrons. The zero-order chi connectivity index (χ0) is 16.1. The van der Waals surface area contributed by atoms with E-state index in [-0.39, 0.29) is 5.54 Å². The Bertz CT molecular complexity index is 696. The van der Waals surface area contributed by atoms with Gasteiger partial charge in [0.05, 0.1) is 5.54 Å². The lowest BCUT2D eigenvalue weighted by Crippen LogP contribution is -2.42. The predicted molar refractivity (Wildman–Crippen MR) is 91.2 cm³/mol. The maximum atomic E-state index is 8.78. The third kappa shape index (κ3) is 3.59. The number of aryl methyl sites for hydroxylation is 1. The van der Waals surface area contributed by atoms with Gasteiger partial charge in [-0.25, -0.2) is 0 Å². The van der Waals surface area contributed by atoms with Crippen molar-refractivity contribution in [3.05, 3.63) is 47.7 Å². The highest BCUT2D eigenvalue weighted by molar-refractivity contribution is 5.53. The van der Waals surface area contributed by atoms with Gasteiger partial charge in [0, 0.05) is 12.2 Å². The van der Waals surface area contributed by atoms with Crippen LogP contribution >= 0.6 is 0 Å². The van der Waals surface area contributed by atoms with Crippen molar-refractivity contribution < 1.29 is 0 Å². The molecule has 0 amide bonds. The molecular weight excluding hydrogens is 286 g/mol. The van der Waals surface area contributed by atoms with Crippen molar-refractivity contribution in [2.45, 2.75) is 38.1 Å². The number of nitrogens with one attached hydrogen (secondary N) is 2. The number of hydrogen-bond acceptors (Lipinski definition) is 5. The van der Waals surface area contributed by atoms with Crippen LogP contribution in [0.3, 0.4) is 0 Å². The Labute approximate surface area is 136 Å². The standard InChI is InChI=1S/C18H21N5/c1-14-6-2-3-7-16(14)21-18(10-4-5-11-18)13-20-17-9-8-15(12-19)22-23-17/h2-3,6-9,21H,4-5,10-11,13H2,1H3,(H,20,23). The summed E-state index contributed by atoms with van der Waals surface area (Å²) in [5.74, 6) is 0.710. The van der Waals surface area contributed by atoms with Crippen molar-refractivity contribution in [2.24, 2.45) is 0 Å². The summed E-state index contributed by atoms with van der Waals surface area (Å²) in [5.41, 5.74) is 2.84. The summed E-state index contributed by atoms with van der Waals surface area (Å²) in [6.07, 6.45) is 4.75. The van der Waals surface area contributed by atoms with Gasteiger partial charge in [0.1, 0.15) is 11.9 Å². The molecule has 0 radical (unpaired) electrons. The van der Waals surface area contributed by atoms with Gasteiger partial charge in [-0.3, -0.25) is 0 Å². The van der Waals surface area contributed by atoms with Crippen molar-refractivity contribution in [3.8, 4) is 6.07 Å². The molecule has 1 aromatic heterocycles. The van der Waals surface area contributed by atoms with Crippen molar-refractivity contribution in [1.82, 2.24) is 10.2 Å². The molecule has 0 bridgehead atoms. The van der Waals surface area contributed by atoms with E-state index in [4.69, 9.17) is 5.26 Å². The Morgan fingerprint density at radius 3 is 2.57 bits per heavy atom. The number of hydrogen-bond donors (Lipinski definition) is 2. The summed E-state index contributed by atoms with van der Waals surface area (Å²) in [7, 11) is 0. The molecule has 1 fully saturated rings. The fourth-order valence-electron chi connectivity index (χ4n) is 3.14. The third-order valence-electron chi connectivity index (χ3n) is 4.49. The topological polar surface area (TPSA) is 73.6 Å². The Kier molecular flexibility index (Phi) is 4.42. The highest BCUT2D eigenvalue weighted by Gasteiger charge is 2.33. The van der Waals surface area contributed by atoms with Crippen LogP contribution in [-0.4, -0.2) is 22.3 Å². The maximum absolute atomic E-state index is 8.78. The fraction of sp³-hybridized carbons (Fsp3) is 0.389. The van der Waals surface area contributed by atoms with E-state index in [9.17, 15) is 0 Å². The highest BCUT2D eigenvalue weighted by Crippen LogP contribution is 2.34. The first-order valence-corrected chi connectivity index (χ1v) is 8.02. The van der Waals surface area contributed by atoms with Crippen LogP contribution in [0.2, 0.25) is 0 Å². The number of rotatable bonds is 5. The lowest BCUT2D eigenvalue weighted by Gasteiger charge is -2.32. The minimum atomic E-state index is 0.0433. The molecule has 2 aromatic rings. The van der Waals surface area contributed by atoms with E-state index < -0.39 is 0 Å². The second-order valence-electron chi connectivity index (χ2n) is 6.20. The van der Waals surface area contributed by atoms with Crippen LogP contribution < -0.4 is 10.6 Å². The molecule has 0 unspecified atom stereocenters. The number of aromatic nitrogens is 2. The van der Waals surface area contributed by atoms with E-state index in [0.29, 0.717) is 11.5 Å². The van der Waals surface area contributed by atoms with Gasteiger partial charge in [0.2, 0.25) is 0 Å². The molecular formula is C18H21N5. The lowest BCUT2D eigenvalue weighted by atomic mass is 9.96. The molecule has 23 heavy (non-hydrogen) atoms. The molecule has 0 spiro atoms. The van der Waals surface area contributed by atoms with Gasteiger partial charge < -0.3 is 10.6 Å². The van der Waals surface area contributed by atoms with E-state index in [1.54, 1.807) is 6.07 Å². The van der Waals surface area contributed by atoms with Crippen molar-refractivity contribution in [1.29, 1.82) is 5.26 Å². The summed E-state index contributed by atoms with van der Waals surface area (Å²) in [6.45, 7) is 2.92. The summed E-state index contributed by atoms with van der Waals surface area (Å²) < 4.78 is 0. The van der Waals surface area contributed by atoms with Gasteiger partial charge in [-0.15, -0.1) is 10.2 Å². The lowest BCUT2D eigenvalue weighted by molar-refractivity contribution is 0.506. The molecule has 1 aliphatic carbocycles. The van der Waals surface area contributed by atoms with E-state index >= 15 is 0 Å². The minimum Gasteiger partial charge on any atom is -0.378 e. The number of anilines is 2. The molecule has 0 saturated heterocycles. The molecule has 1 heterocycles. The zero-order valence-corrected chi connectivity index (χ0v) is 13.3. The maximum Gasteiger partial charge on any atom is 0.163 e. The Morgan fingerprint density at radius 1 is 1.13 bits per heavy atom. The summed E-state index contributed by atoms with van der Waals surface area (Å²) in [6, 6.07) is 13.9. The largest absolute Gasteiger partial charge is 0.378 e. The van der Waals surface area contributed by atoms with E-state index in [1.165, 1.54) is 24.1 Å². The van der Waals surface area contributed by atoms with Crippen LogP contribution in [0, 0.1) is 18.3 Å². The van der Waals surface area contributed by atoms with E-state index in [1.807, 2.05) is 12.1 Å². The van der Waals surface area contributed by atoms with Gasteiger partial charge in [0.15, 0.2) is 5.69 Å². The van der Waals surface area contributed by atoms with Gasteiger partial charge in [-0.1, -0.05) is 31.0 Å². The normalized spacial score (nSPS) is 15.8. The second-order valence-corrected chi connectivity index (χ2v) is 6.20. The molecule has 1 aliphatic rings. The van der Waals surface area contributed by atoms with Gasteiger partial charge in [0.25, 0.3) is 0 Å². The molecule has 1 saturated carbocycles. The van der Waals surface area contributed by atoms with Crippen LogP contribution in [0.15, 0.2) is 36.4 Å². The third-order valence-corrected chi connectivity index (χ3v) is 4.49. The fourth-order valence-corrected chi connectivity index (χ4v) is 3.14. The summed E-state index contributed by atoms with van der Waals surface area (Å²) in [4.78, 5) is 0. The first kappa shape index (κ1) is 15.3. The van der Waals surface area contributed by atoms with Gasteiger partial charge in [-0.2, -0.15) is 5.26 Å². The average Bonchev–Trinajstić information content (AvgIpc) is 3.05. The molecule has 5 nitrogen and oxygen atoms in total. The summed E-state index contributed by atoms with van der Waals surface area (Å²) in [5, 5.41) is 23.8. The Hall–Kier alpha value is -2.61. The smallest absolute Gasteiger partial charge is 0.163 e. The molecule has 2 N–H and O–H groups in total. The van der Waals surface area contributed by atoms with E-state index in [2.05, 4.69) is 52.0 Å². The number of para-hydroxylation sites is 1. The van der Waals surface area contributed by atoms with Crippen molar-refractivity contribution in [3.63, 3.8) is 0 Å². The average molecular weight is 307 g/mol. The SMILES string of the molecule is Cc1ccccc1NC1(CNc2ccc(C#N)nn2)CCCC1. The Balaban J connectivity index is 1.71. The molecule has 5 heteroatoms. The van der Waals surface area contributed by atoms with Crippen LogP contribution in [0.25, 0.3) is 0 Å². The van der Waals surface area contributed by atoms with Crippen LogP contribution in [0.4, 0.5) is 11.5 Å². The van der Waals surface area contributed by atoms with Crippen molar-refractivity contribution >= 4 is 11.5 Å². The van der Waals surface area contributed by atoms with Crippen LogP contribution in [-0.2, 0) is 0 Å². The monoisotopic (exact) mass is 307 g/mol. The quantitative estimate of drug-likeness (QED) is 0.884. The van der Waals surface area contributed by atoms with Crippen molar-refractivity contribution in [2.75, 3.05) is 17.2 Å². The zero-order valence-electron chi connectivity index (χ0n) is 13.3. The van der Waals surface area contributed by atoms with Crippen LogP contribution in [0.1, 0.15) is 36.9 Å². The van der Waals surface area contributed by atoms with Gasteiger partial charge >= 0.3 is 0 Å². The number of nitriles is 1. The first-order valence-electron chi connectivity index (χ1n) is 8.02. The number of benzene rings is 1. The number of nitrogens with zero attached hydrogens (tertiary/aromatic N) is 3. The minimum absolute atomic E-state index is 0.0433. The van der Waals surface area contributed by atoms with E-state index in [0.717, 1.165) is 19.4 Å². The van der Waals surface area contributed by atoms with Crippen LogP contribution in [0.5, 0.6) is 0 Å². The summed E-state index contributed by atoms with van der Waals surface area (Å²) >= 11 is 0. The first-order chi connectivity index (χ1) is 11.2. The second kappa shape index (κ2) is 6.66.